The quantitative estimate of drug-likeness (QED) is 0.737. The summed E-state index contributed by atoms with van der Waals surface area (Å²) in [6, 6.07) is 8.97. The summed E-state index contributed by atoms with van der Waals surface area (Å²) in [5, 5.41) is 4.24. The van der Waals surface area contributed by atoms with Crippen LogP contribution in [0.2, 0.25) is 5.02 Å². The van der Waals surface area contributed by atoms with Crippen molar-refractivity contribution in [2.24, 2.45) is 0 Å². The maximum atomic E-state index is 12.1. The van der Waals surface area contributed by atoms with Gasteiger partial charge in [0.25, 0.3) is 0 Å². The third kappa shape index (κ3) is 4.92. The van der Waals surface area contributed by atoms with Crippen molar-refractivity contribution in [3.63, 3.8) is 0 Å². The predicted molar refractivity (Wildman–Crippen MR) is 118 cm³/mol. The van der Waals surface area contributed by atoms with Gasteiger partial charge in [0, 0.05) is 43.2 Å². The zero-order chi connectivity index (χ0) is 20.5. The van der Waals surface area contributed by atoms with E-state index in [9.17, 15) is 8.42 Å². The van der Waals surface area contributed by atoms with Gasteiger partial charge in [0.05, 0.1) is 10.6 Å². The first kappa shape index (κ1) is 20.8. The summed E-state index contributed by atoms with van der Waals surface area (Å²) in [6.07, 6.45) is 1.20. The lowest BCUT2D eigenvalue weighted by Gasteiger charge is -2.38. The van der Waals surface area contributed by atoms with Crippen molar-refractivity contribution < 1.29 is 8.42 Å². The molecule has 1 saturated heterocycles. The molecule has 3 rings (SSSR count). The summed E-state index contributed by atoms with van der Waals surface area (Å²) >= 11 is 11.5. The van der Waals surface area contributed by atoms with Gasteiger partial charge in [0.1, 0.15) is 5.82 Å². The second-order valence-corrected chi connectivity index (χ2v) is 9.77. The maximum absolute atomic E-state index is 12.1. The number of sulfone groups is 1. The Morgan fingerprint density at radius 2 is 1.82 bits per heavy atom. The summed E-state index contributed by atoms with van der Waals surface area (Å²) in [5.41, 5.74) is 2.74. The molecular weight excluding hydrogens is 416 g/mol. The van der Waals surface area contributed by atoms with Gasteiger partial charge in [0.15, 0.2) is 14.9 Å². The van der Waals surface area contributed by atoms with Crippen LogP contribution < -0.4 is 10.2 Å². The lowest BCUT2D eigenvalue weighted by Crippen LogP contribution is -2.50. The molecule has 1 aromatic heterocycles. The molecular formula is C19H23ClN4O2S2. The van der Waals surface area contributed by atoms with Crippen molar-refractivity contribution in [3.05, 3.63) is 46.6 Å². The average Bonchev–Trinajstić information content (AvgIpc) is 2.60. The molecule has 28 heavy (non-hydrogen) atoms. The van der Waals surface area contributed by atoms with E-state index in [2.05, 4.69) is 20.1 Å². The Balaban J connectivity index is 1.69. The minimum atomic E-state index is -3.37. The van der Waals surface area contributed by atoms with Gasteiger partial charge in [-0.3, -0.25) is 0 Å². The Morgan fingerprint density at radius 1 is 1.14 bits per heavy atom. The summed E-state index contributed by atoms with van der Waals surface area (Å²) < 4.78 is 24.3. The van der Waals surface area contributed by atoms with Crippen LogP contribution in [-0.2, 0) is 9.84 Å². The number of pyridine rings is 1. The topological polar surface area (TPSA) is 65.5 Å². The minimum absolute atomic E-state index is 0.258. The third-order valence-corrected chi connectivity index (χ3v) is 6.28. The van der Waals surface area contributed by atoms with Gasteiger partial charge < -0.3 is 15.1 Å². The second kappa shape index (κ2) is 8.23. The second-order valence-electron chi connectivity index (χ2n) is 6.96. The molecule has 1 aliphatic rings. The van der Waals surface area contributed by atoms with Gasteiger partial charge in [-0.2, -0.15) is 0 Å². The number of halogens is 1. The van der Waals surface area contributed by atoms with Crippen LogP contribution in [-0.4, -0.2) is 55.8 Å². The largest absolute Gasteiger partial charge is 0.367 e. The Morgan fingerprint density at radius 3 is 2.43 bits per heavy atom. The van der Waals surface area contributed by atoms with E-state index >= 15 is 0 Å². The van der Waals surface area contributed by atoms with Gasteiger partial charge in [-0.05, 0) is 62.0 Å². The lowest BCUT2D eigenvalue weighted by atomic mass is 10.2. The molecule has 150 valence electrons. The molecule has 0 saturated carbocycles. The first-order valence-electron chi connectivity index (χ1n) is 8.89. The van der Waals surface area contributed by atoms with Gasteiger partial charge in [-0.15, -0.1) is 0 Å². The normalized spacial score (nSPS) is 14.9. The standard InChI is InChI=1S/C19H23ClN4O2S2/c1-13-10-14(2)21-18(11-13)22-19(27)24-8-6-23(7-9-24)16-5-4-15(20)12-17(16)28(3,25)26/h4-5,10-12H,6-9H2,1-3H3,(H,21,22,27). The fraction of sp³-hybridized carbons (Fsp3) is 0.368. The number of nitrogens with one attached hydrogen (secondary N) is 1. The van der Waals surface area contributed by atoms with Gasteiger partial charge in [-0.1, -0.05) is 11.6 Å². The molecule has 0 spiro atoms. The lowest BCUT2D eigenvalue weighted by molar-refractivity contribution is 0.390. The van der Waals surface area contributed by atoms with E-state index in [1.807, 2.05) is 26.0 Å². The monoisotopic (exact) mass is 438 g/mol. The molecule has 1 fully saturated rings. The van der Waals surface area contributed by atoms with Crippen LogP contribution >= 0.6 is 23.8 Å². The van der Waals surface area contributed by atoms with Crippen molar-refractivity contribution >= 4 is 50.3 Å². The number of benzene rings is 1. The van der Waals surface area contributed by atoms with Crippen LogP contribution in [0.5, 0.6) is 0 Å². The zero-order valence-electron chi connectivity index (χ0n) is 16.1. The Kier molecular flexibility index (Phi) is 6.12. The third-order valence-electron chi connectivity index (χ3n) is 4.56. The number of thiocarbonyl (C=S) groups is 1. The molecule has 0 atom stereocenters. The molecule has 2 heterocycles. The van der Waals surface area contributed by atoms with E-state index in [1.54, 1.807) is 12.1 Å². The first-order chi connectivity index (χ1) is 13.1. The van der Waals surface area contributed by atoms with E-state index in [4.69, 9.17) is 23.8 Å². The van der Waals surface area contributed by atoms with Crippen molar-refractivity contribution in [2.75, 3.05) is 42.7 Å². The highest BCUT2D eigenvalue weighted by Gasteiger charge is 2.24. The molecule has 0 unspecified atom stereocenters. The number of aryl methyl sites for hydroxylation is 2. The number of anilines is 2. The van der Waals surface area contributed by atoms with Crippen LogP contribution in [0.25, 0.3) is 0 Å². The van der Waals surface area contributed by atoms with E-state index in [0.29, 0.717) is 42.0 Å². The Bertz CT molecular complexity index is 983. The Hall–Kier alpha value is -1.90. The van der Waals surface area contributed by atoms with Crippen LogP contribution in [0, 0.1) is 13.8 Å². The van der Waals surface area contributed by atoms with E-state index in [1.165, 1.54) is 12.3 Å². The number of aromatic nitrogens is 1. The molecule has 9 heteroatoms. The van der Waals surface area contributed by atoms with Crippen molar-refractivity contribution in [1.82, 2.24) is 9.88 Å². The summed E-state index contributed by atoms with van der Waals surface area (Å²) in [7, 11) is -3.37. The minimum Gasteiger partial charge on any atom is -0.367 e. The average molecular weight is 439 g/mol. The molecule has 6 nitrogen and oxygen atoms in total. The highest BCUT2D eigenvalue weighted by Crippen LogP contribution is 2.29. The highest BCUT2D eigenvalue weighted by molar-refractivity contribution is 7.90. The van der Waals surface area contributed by atoms with Crippen LogP contribution in [0.4, 0.5) is 11.5 Å². The predicted octanol–water partition coefficient (Wildman–Crippen LogP) is 3.27. The van der Waals surface area contributed by atoms with Crippen molar-refractivity contribution in [2.45, 2.75) is 18.7 Å². The van der Waals surface area contributed by atoms with E-state index in [0.717, 1.165) is 17.1 Å². The summed E-state index contributed by atoms with van der Waals surface area (Å²) in [6.45, 7) is 6.65. The molecule has 0 bridgehead atoms. The molecule has 0 radical (unpaired) electrons. The van der Waals surface area contributed by atoms with E-state index in [-0.39, 0.29) is 4.90 Å². The number of nitrogens with zero attached hydrogens (tertiary/aromatic N) is 3. The van der Waals surface area contributed by atoms with Gasteiger partial charge >= 0.3 is 0 Å². The molecule has 0 amide bonds. The maximum Gasteiger partial charge on any atom is 0.177 e. The molecule has 1 aliphatic heterocycles. The molecule has 1 N–H and O–H groups in total. The zero-order valence-corrected chi connectivity index (χ0v) is 18.5. The van der Waals surface area contributed by atoms with Gasteiger partial charge in [0.2, 0.25) is 0 Å². The number of hydrogen-bond donors (Lipinski definition) is 1. The number of piperazine rings is 1. The van der Waals surface area contributed by atoms with Crippen molar-refractivity contribution in [3.8, 4) is 0 Å². The van der Waals surface area contributed by atoms with Crippen molar-refractivity contribution in [1.29, 1.82) is 0 Å². The number of hydrogen-bond acceptors (Lipinski definition) is 5. The summed E-state index contributed by atoms with van der Waals surface area (Å²) in [5.74, 6) is 0.738. The fourth-order valence-corrected chi connectivity index (χ4v) is 4.73. The number of rotatable bonds is 3. The van der Waals surface area contributed by atoms with E-state index < -0.39 is 9.84 Å². The smallest absolute Gasteiger partial charge is 0.177 e. The molecule has 1 aromatic carbocycles. The Labute approximate surface area is 176 Å². The van der Waals surface area contributed by atoms with Crippen LogP contribution in [0.15, 0.2) is 35.2 Å². The van der Waals surface area contributed by atoms with Crippen LogP contribution in [0.3, 0.4) is 0 Å². The molecule has 0 aliphatic carbocycles. The van der Waals surface area contributed by atoms with Gasteiger partial charge in [-0.25, -0.2) is 13.4 Å². The summed E-state index contributed by atoms with van der Waals surface area (Å²) in [4.78, 5) is 8.85. The first-order valence-corrected chi connectivity index (χ1v) is 11.6. The SMILES string of the molecule is Cc1cc(C)nc(NC(=S)N2CCN(c3ccc(Cl)cc3S(C)(=O)=O)CC2)c1. The molecule has 2 aromatic rings. The fourth-order valence-electron chi connectivity index (χ4n) is 3.29. The highest BCUT2D eigenvalue weighted by atomic mass is 35.5. The van der Waals surface area contributed by atoms with Crippen LogP contribution in [0.1, 0.15) is 11.3 Å².